The second-order valence-corrected chi connectivity index (χ2v) is 7.34. The lowest BCUT2D eigenvalue weighted by Crippen LogP contribution is -2.33. The third-order valence-corrected chi connectivity index (χ3v) is 5.22. The van der Waals surface area contributed by atoms with Gasteiger partial charge < -0.3 is 19.7 Å². The van der Waals surface area contributed by atoms with E-state index < -0.39 is 30.2 Å². The molecule has 31 heavy (non-hydrogen) atoms. The molecule has 2 aromatic rings. The Balaban J connectivity index is 1.74. The Morgan fingerprint density at radius 2 is 1.00 bits per heavy atom. The zero-order valence-corrected chi connectivity index (χ0v) is 16.7. The van der Waals surface area contributed by atoms with E-state index in [1.807, 2.05) is 0 Å². The van der Waals surface area contributed by atoms with E-state index >= 15 is 0 Å². The van der Waals surface area contributed by atoms with Gasteiger partial charge in [0.25, 0.3) is 6.29 Å². The fraction of sp³-hybridized carbons (Fsp3) is 0.304. The van der Waals surface area contributed by atoms with Crippen molar-refractivity contribution in [2.75, 3.05) is 0 Å². The van der Waals surface area contributed by atoms with E-state index in [4.69, 9.17) is 19.7 Å². The van der Waals surface area contributed by atoms with Crippen molar-refractivity contribution in [1.29, 1.82) is 0 Å². The molecule has 1 saturated carbocycles. The normalized spacial score (nSPS) is 14.1. The SMILES string of the molecule is O=C(O)c1ccc(C(=O)OC(OC(=O)c2ccc(C(=O)O)cc2)C2CCCCC2)cc1. The number of benzene rings is 2. The molecule has 2 aromatic carbocycles. The minimum Gasteiger partial charge on any atom is -0.478 e. The van der Waals surface area contributed by atoms with Gasteiger partial charge in [-0.1, -0.05) is 19.3 Å². The minimum atomic E-state index is -1.11. The highest BCUT2D eigenvalue weighted by Crippen LogP contribution is 2.30. The van der Waals surface area contributed by atoms with Crippen LogP contribution in [0, 0.1) is 5.92 Å². The number of rotatable bonds is 7. The molecule has 0 aliphatic heterocycles. The zero-order valence-electron chi connectivity index (χ0n) is 16.7. The van der Waals surface area contributed by atoms with E-state index in [-0.39, 0.29) is 28.2 Å². The molecule has 1 aliphatic carbocycles. The average molecular weight is 426 g/mol. The molecule has 8 nitrogen and oxygen atoms in total. The first-order valence-electron chi connectivity index (χ1n) is 9.94. The molecule has 1 fully saturated rings. The van der Waals surface area contributed by atoms with E-state index in [0.717, 1.165) is 32.1 Å². The summed E-state index contributed by atoms with van der Waals surface area (Å²) in [5.74, 6) is -3.81. The predicted molar refractivity (Wildman–Crippen MR) is 108 cm³/mol. The highest BCUT2D eigenvalue weighted by molar-refractivity contribution is 5.94. The molecule has 0 heterocycles. The van der Waals surface area contributed by atoms with Crippen molar-refractivity contribution >= 4 is 23.9 Å². The number of carboxylic acid groups (broad SMARTS) is 2. The summed E-state index contributed by atoms with van der Waals surface area (Å²) < 4.78 is 11.0. The molecule has 2 N–H and O–H groups in total. The van der Waals surface area contributed by atoms with Crippen molar-refractivity contribution in [2.24, 2.45) is 5.92 Å². The molecule has 0 amide bonds. The zero-order chi connectivity index (χ0) is 22.4. The molecule has 8 heteroatoms. The fourth-order valence-electron chi connectivity index (χ4n) is 3.47. The lowest BCUT2D eigenvalue weighted by molar-refractivity contribution is -0.115. The van der Waals surface area contributed by atoms with Crippen LogP contribution < -0.4 is 0 Å². The maximum Gasteiger partial charge on any atom is 0.341 e. The van der Waals surface area contributed by atoms with Crippen LogP contribution in [0.3, 0.4) is 0 Å². The van der Waals surface area contributed by atoms with Gasteiger partial charge in [-0.15, -0.1) is 0 Å². The van der Waals surface area contributed by atoms with Crippen LogP contribution in [0.2, 0.25) is 0 Å². The molecule has 0 unspecified atom stereocenters. The topological polar surface area (TPSA) is 127 Å². The largest absolute Gasteiger partial charge is 0.478 e. The van der Waals surface area contributed by atoms with Crippen molar-refractivity contribution in [3.8, 4) is 0 Å². The molecule has 0 bridgehead atoms. The number of carboxylic acids is 2. The van der Waals surface area contributed by atoms with Gasteiger partial charge in [0, 0.05) is 5.92 Å². The van der Waals surface area contributed by atoms with Crippen LogP contribution in [-0.4, -0.2) is 40.4 Å². The predicted octanol–water partition coefficient (Wildman–Crippen LogP) is 4.00. The van der Waals surface area contributed by atoms with Crippen molar-refractivity contribution in [1.82, 2.24) is 0 Å². The summed E-state index contributed by atoms with van der Waals surface area (Å²) in [7, 11) is 0. The second-order valence-electron chi connectivity index (χ2n) is 7.34. The van der Waals surface area contributed by atoms with Gasteiger partial charge in [-0.2, -0.15) is 0 Å². The molecule has 0 spiro atoms. The molecule has 0 aromatic heterocycles. The van der Waals surface area contributed by atoms with Crippen LogP contribution in [-0.2, 0) is 9.47 Å². The van der Waals surface area contributed by atoms with Crippen LogP contribution in [0.1, 0.15) is 73.5 Å². The van der Waals surface area contributed by atoms with Crippen LogP contribution in [0.15, 0.2) is 48.5 Å². The van der Waals surface area contributed by atoms with E-state index in [1.54, 1.807) is 0 Å². The number of aromatic carboxylic acids is 2. The number of carbonyl (C=O) groups excluding carboxylic acids is 2. The highest BCUT2D eigenvalue weighted by atomic mass is 16.7. The summed E-state index contributed by atoms with van der Waals surface area (Å²) in [6, 6.07) is 10.6. The van der Waals surface area contributed by atoms with Crippen LogP contribution in [0.4, 0.5) is 0 Å². The molecule has 1 aliphatic rings. The smallest absolute Gasteiger partial charge is 0.341 e. The van der Waals surface area contributed by atoms with Gasteiger partial charge in [-0.25, -0.2) is 19.2 Å². The summed E-state index contributed by atoms with van der Waals surface area (Å²) in [5.41, 5.74) is 0.369. The van der Waals surface area contributed by atoms with E-state index in [9.17, 15) is 19.2 Å². The Labute approximate surface area is 178 Å². The number of ether oxygens (including phenoxy) is 2. The number of esters is 2. The Bertz CT molecular complexity index is 885. The fourth-order valence-corrected chi connectivity index (χ4v) is 3.47. The Morgan fingerprint density at radius 3 is 1.35 bits per heavy atom. The summed E-state index contributed by atoms with van der Waals surface area (Å²) in [4.78, 5) is 47.1. The number of carbonyl (C=O) groups is 4. The van der Waals surface area contributed by atoms with Gasteiger partial charge in [-0.3, -0.25) is 0 Å². The van der Waals surface area contributed by atoms with Gasteiger partial charge >= 0.3 is 23.9 Å². The van der Waals surface area contributed by atoms with E-state index in [1.165, 1.54) is 48.5 Å². The third kappa shape index (κ3) is 5.69. The van der Waals surface area contributed by atoms with Crippen molar-refractivity contribution in [2.45, 2.75) is 38.4 Å². The molecule has 3 rings (SSSR count). The molecule has 0 radical (unpaired) electrons. The van der Waals surface area contributed by atoms with Crippen molar-refractivity contribution < 1.29 is 38.9 Å². The van der Waals surface area contributed by atoms with Gasteiger partial charge in [0.15, 0.2) is 0 Å². The second kappa shape index (κ2) is 9.88. The maximum absolute atomic E-state index is 12.6. The average Bonchev–Trinajstić information content (AvgIpc) is 2.79. The van der Waals surface area contributed by atoms with E-state index in [2.05, 4.69) is 0 Å². The highest BCUT2D eigenvalue weighted by Gasteiger charge is 2.31. The summed E-state index contributed by atoms with van der Waals surface area (Å²) >= 11 is 0. The maximum atomic E-state index is 12.6. The lowest BCUT2D eigenvalue weighted by atomic mass is 9.88. The van der Waals surface area contributed by atoms with Crippen molar-refractivity contribution in [3.05, 3.63) is 70.8 Å². The van der Waals surface area contributed by atoms with Crippen LogP contribution in [0.25, 0.3) is 0 Å². The molecular weight excluding hydrogens is 404 g/mol. The Morgan fingerprint density at radius 1 is 0.645 bits per heavy atom. The lowest BCUT2D eigenvalue weighted by Gasteiger charge is -2.29. The summed E-state index contributed by atoms with van der Waals surface area (Å²) in [6.07, 6.45) is 3.28. The standard InChI is InChI=1S/C23H22O8/c24-19(25)14-6-10-16(11-7-14)21(28)30-23(18-4-2-1-3-5-18)31-22(29)17-12-8-15(9-13-17)20(26)27/h6-13,18,23H,1-5H2,(H,24,25)(H,26,27). The van der Waals surface area contributed by atoms with Crippen molar-refractivity contribution in [3.63, 3.8) is 0 Å². The first kappa shape index (κ1) is 22.0. The van der Waals surface area contributed by atoms with Gasteiger partial charge in [0.05, 0.1) is 22.3 Å². The Hall–Kier alpha value is -3.68. The molecule has 162 valence electrons. The first-order chi connectivity index (χ1) is 14.8. The molecule has 0 saturated heterocycles. The summed E-state index contributed by atoms with van der Waals surface area (Å²) in [6.45, 7) is 0. The van der Waals surface area contributed by atoms with E-state index in [0.29, 0.717) is 0 Å². The Kier molecular flexibility index (Phi) is 7.02. The summed E-state index contributed by atoms with van der Waals surface area (Å²) in [5, 5.41) is 18.0. The van der Waals surface area contributed by atoms with Gasteiger partial charge in [-0.05, 0) is 61.4 Å². The number of hydrogen-bond acceptors (Lipinski definition) is 6. The van der Waals surface area contributed by atoms with Crippen LogP contribution in [0.5, 0.6) is 0 Å². The first-order valence-corrected chi connectivity index (χ1v) is 9.94. The van der Waals surface area contributed by atoms with Gasteiger partial charge in [0.2, 0.25) is 0 Å². The molecule has 0 atom stereocenters. The third-order valence-electron chi connectivity index (χ3n) is 5.22. The van der Waals surface area contributed by atoms with Crippen LogP contribution >= 0.6 is 0 Å². The minimum absolute atomic E-state index is 0.0385. The quantitative estimate of drug-likeness (QED) is 0.502. The van der Waals surface area contributed by atoms with Gasteiger partial charge in [0.1, 0.15) is 0 Å². The monoisotopic (exact) mass is 426 g/mol. The number of hydrogen-bond donors (Lipinski definition) is 2. The molecular formula is C23H22O8.